The number of nitrogens with two attached hydrogens (primary N) is 1. The Hall–Kier alpha value is -0.570. The number of hydrogen-bond acceptors (Lipinski definition) is 2. The number of hydrogen-bond donors (Lipinski definition) is 2. The van der Waals surface area contributed by atoms with Gasteiger partial charge in [-0.1, -0.05) is 19.8 Å². The molecule has 0 spiro atoms. The molecule has 80 valence electrons. The van der Waals surface area contributed by atoms with Crippen molar-refractivity contribution in [1.29, 1.82) is 0 Å². The normalized spacial score (nSPS) is 41.9. The Morgan fingerprint density at radius 3 is 2.57 bits per heavy atom. The van der Waals surface area contributed by atoms with Gasteiger partial charge < -0.3 is 11.1 Å². The molecule has 0 aromatic heterocycles. The summed E-state index contributed by atoms with van der Waals surface area (Å²) in [5.74, 6) is 0.947. The number of nitrogens with one attached hydrogen (secondary N) is 1. The third-order valence-corrected chi connectivity index (χ3v) is 3.62. The van der Waals surface area contributed by atoms with Crippen LogP contribution in [0.4, 0.5) is 0 Å². The number of carbonyl (C=O) groups is 1. The molecule has 3 N–H and O–H groups in total. The summed E-state index contributed by atoms with van der Waals surface area (Å²) in [6, 6.07) is 0.540. The van der Waals surface area contributed by atoms with E-state index in [1.807, 2.05) is 0 Å². The van der Waals surface area contributed by atoms with Gasteiger partial charge in [0.2, 0.25) is 5.91 Å². The third-order valence-electron chi connectivity index (χ3n) is 3.62. The van der Waals surface area contributed by atoms with Gasteiger partial charge >= 0.3 is 0 Å². The molecular formula is C11H20N2O. The lowest BCUT2D eigenvalue weighted by Gasteiger charge is -2.29. The third kappa shape index (κ3) is 2.08. The Kier molecular flexibility index (Phi) is 2.77. The van der Waals surface area contributed by atoms with Gasteiger partial charge in [-0.25, -0.2) is 0 Å². The van der Waals surface area contributed by atoms with Crippen LogP contribution in [0.25, 0.3) is 0 Å². The zero-order valence-corrected chi connectivity index (χ0v) is 8.83. The van der Waals surface area contributed by atoms with E-state index in [0.717, 1.165) is 12.8 Å². The second-order valence-electron chi connectivity index (χ2n) is 4.88. The molecule has 2 aliphatic carbocycles. The van der Waals surface area contributed by atoms with Gasteiger partial charge in [-0.3, -0.25) is 4.79 Å². The van der Waals surface area contributed by atoms with Crippen LogP contribution in [0.5, 0.6) is 0 Å². The second kappa shape index (κ2) is 3.89. The molecule has 0 radical (unpaired) electrons. The lowest BCUT2D eigenvalue weighted by molar-refractivity contribution is -0.123. The van der Waals surface area contributed by atoms with Crippen LogP contribution in [0.3, 0.4) is 0 Å². The molecular weight excluding hydrogens is 176 g/mol. The van der Waals surface area contributed by atoms with E-state index in [-0.39, 0.29) is 17.9 Å². The Bertz CT molecular complexity index is 229. The molecule has 2 saturated carbocycles. The van der Waals surface area contributed by atoms with Crippen LogP contribution in [0, 0.1) is 11.8 Å². The fourth-order valence-corrected chi connectivity index (χ4v) is 2.34. The van der Waals surface area contributed by atoms with Crippen LogP contribution in [0.1, 0.15) is 39.0 Å². The van der Waals surface area contributed by atoms with E-state index in [1.165, 1.54) is 19.3 Å². The van der Waals surface area contributed by atoms with Crippen molar-refractivity contribution in [2.45, 2.75) is 51.1 Å². The summed E-state index contributed by atoms with van der Waals surface area (Å²) in [6.07, 6.45) is 5.85. The van der Waals surface area contributed by atoms with Crippen molar-refractivity contribution >= 4 is 5.91 Å². The first-order valence-electron chi connectivity index (χ1n) is 5.74. The number of carbonyl (C=O) groups excluding carboxylic acids is 1. The highest BCUT2D eigenvalue weighted by atomic mass is 16.2. The minimum atomic E-state index is 0.115. The van der Waals surface area contributed by atoms with E-state index < -0.39 is 0 Å². The topological polar surface area (TPSA) is 55.1 Å². The van der Waals surface area contributed by atoms with E-state index in [2.05, 4.69) is 12.2 Å². The highest BCUT2D eigenvalue weighted by Gasteiger charge is 2.41. The predicted octanol–water partition coefficient (Wildman–Crippen LogP) is 1.03. The Morgan fingerprint density at radius 1 is 1.36 bits per heavy atom. The first-order chi connectivity index (χ1) is 6.68. The molecule has 2 aliphatic rings. The van der Waals surface area contributed by atoms with Gasteiger partial charge in [-0.15, -0.1) is 0 Å². The van der Waals surface area contributed by atoms with Crippen molar-refractivity contribution in [3.05, 3.63) is 0 Å². The molecule has 0 aromatic carbocycles. The summed E-state index contributed by atoms with van der Waals surface area (Å²) in [5, 5.41) is 3.14. The minimum Gasteiger partial charge on any atom is -0.353 e. The van der Waals surface area contributed by atoms with E-state index in [0.29, 0.717) is 12.0 Å². The molecule has 3 nitrogen and oxygen atoms in total. The van der Waals surface area contributed by atoms with Crippen LogP contribution in [-0.4, -0.2) is 18.0 Å². The average molecular weight is 196 g/mol. The lowest BCUT2D eigenvalue weighted by Crippen LogP contribution is -2.42. The summed E-state index contributed by atoms with van der Waals surface area (Å²) >= 11 is 0. The maximum atomic E-state index is 11.6. The van der Waals surface area contributed by atoms with Crippen molar-refractivity contribution < 1.29 is 4.79 Å². The summed E-state index contributed by atoms with van der Waals surface area (Å²) in [4.78, 5) is 11.6. The zero-order valence-electron chi connectivity index (χ0n) is 8.83. The van der Waals surface area contributed by atoms with Gasteiger partial charge in [0.05, 0.1) is 5.92 Å². The molecule has 3 heteroatoms. The SMILES string of the molecule is CC1CCCCC1NC(=O)C1CC1N. The fraction of sp³-hybridized carbons (Fsp3) is 0.909. The van der Waals surface area contributed by atoms with Crippen LogP contribution in [0.15, 0.2) is 0 Å². The van der Waals surface area contributed by atoms with Crippen LogP contribution in [-0.2, 0) is 4.79 Å². The van der Waals surface area contributed by atoms with Crippen molar-refractivity contribution in [3.63, 3.8) is 0 Å². The molecule has 0 heterocycles. The highest BCUT2D eigenvalue weighted by Crippen LogP contribution is 2.29. The molecule has 4 unspecified atom stereocenters. The monoisotopic (exact) mass is 196 g/mol. The van der Waals surface area contributed by atoms with Gasteiger partial charge in [0.15, 0.2) is 0 Å². The van der Waals surface area contributed by atoms with E-state index in [1.54, 1.807) is 0 Å². The van der Waals surface area contributed by atoms with Gasteiger partial charge in [0.1, 0.15) is 0 Å². The first kappa shape index (κ1) is 9.97. The maximum Gasteiger partial charge on any atom is 0.224 e. The molecule has 2 rings (SSSR count). The largest absolute Gasteiger partial charge is 0.353 e. The molecule has 4 atom stereocenters. The smallest absolute Gasteiger partial charge is 0.224 e. The van der Waals surface area contributed by atoms with E-state index >= 15 is 0 Å². The summed E-state index contributed by atoms with van der Waals surface area (Å²) < 4.78 is 0. The van der Waals surface area contributed by atoms with Crippen molar-refractivity contribution in [3.8, 4) is 0 Å². The van der Waals surface area contributed by atoms with Gasteiger partial charge in [0.25, 0.3) is 0 Å². The summed E-state index contributed by atoms with van der Waals surface area (Å²) in [6.45, 7) is 2.23. The van der Waals surface area contributed by atoms with E-state index in [4.69, 9.17) is 5.73 Å². The van der Waals surface area contributed by atoms with Gasteiger partial charge in [-0.05, 0) is 25.2 Å². The quantitative estimate of drug-likeness (QED) is 0.693. The zero-order chi connectivity index (χ0) is 10.1. The fourth-order valence-electron chi connectivity index (χ4n) is 2.34. The standard InChI is InChI=1S/C11H20N2O/c1-7-4-2-3-5-10(7)13-11(14)8-6-9(8)12/h7-10H,2-6,12H2,1H3,(H,13,14). The summed E-state index contributed by atoms with van der Waals surface area (Å²) in [7, 11) is 0. The van der Waals surface area contributed by atoms with Crippen molar-refractivity contribution in [2.24, 2.45) is 17.6 Å². The van der Waals surface area contributed by atoms with Crippen molar-refractivity contribution in [2.75, 3.05) is 0 Å². The molecule has 0 aromatic rings. The lowest BCUT2D eigenvalue weighted by atomic mass is 9.86. The van der Waals surface area contributed by atoms with Gasteiger partial charge in [-0.2, -0.15) is 0 Å². The van der Waals surface area contributed by atoms with Crippen LogP contribution < -0.4 is 11.1 Å². The predicted molar refractivity (Wildman–Crippen MR) is 55.6 cm³/mol. The number of amides is 1. The molecule has 0 saturated heterocycles. The maximum absolute atomic E-state index is 11.6. The van der Waals surface area contributed by atoms with E-state index in [9.17, 15) is 4.79 Å². The molecule has 2 fully saturated rings. The number of rotatable bonds is 2. The van der Waals surface area contributed by atoms with Crippen LogP contribution >= 0.6 is 0 Å². The Balaban J connectivity index is 1.80. The van der Waals surface area contributed by atoms with Crippen molar-refractivity contribution in [1.82, 2.24) is 5.32 Å². The molecule has 0 aliphatic heterocycles. The summed E-state index contributed by atoms with van der Waals surface area (Å²) in [5.41, 5.74) is 5.65. The average Bonchev–Trinajstić information content (AvgIpc) is 2.87. The first-order valence-corrected chi connectivity index (χ1v) is 5.74. The molecule has 0 bridgehead atoms. The highest BCUT2D eigenvalue weighted by molar-refractivity contribution is 5.82. The molecule has 1 amide bonds. The van der Waals surface area contributed by atoms with Gasteiger partial charge in [0, 0.05) is 12.1 Å². The van der Waals surface area contributed by atoms with Crippen LogP contribution in [0.2, 0.25) is 0 Å². The Morgan fingerprint density at radius 2 is 2.00 bits per heavy atom. The second-order valence-corrected chi connectivity index (χ2v) is 4.88. The Labute approximate surface area is 85.4 Å². The molecule has 14 heavy (non-hydrogen) atoms. The minimum absolute atomic E-state index is 0.115.